The number of likely N-dealkylation sites (N-methyl/N-ethyl adjacent to an activating group) is 1. The molecule has 0 spiro atoms. The average Bonchev–Trinajstić information content (AvgIpc) is 3.29. The van der Waals surface area contributed by atoms with E-state index in [1.54, 1.807) is 6.20 Å². The Balaban J connectivity index is 1.27. The maximum atomic E-state index is 12.2. The van der Waals surface area contributed by atoms with E-state index in [4.69, 9.17) is 11.6 Å². The predicted octanol–water partition coefficient (Wildman–Crippen LogP) is 5.50. The fraction of sp³-hybridized carbons (Fsp3) is 0.517. The number of piperidine rings is 1. The van der Waals surface area contributed by atoms with E-state index < -0.39 is 0 Å². The molecule has 1 aromatic carbocycles. The number of carbonyl (C=O) groups is 1. The third kappa shape index (κ3) is 5.53. The molecule has 2 aromatic heterocycles. The molecule has 3 aromatic rings. The summed E-state index contributed by atoms with van der Waals surface area (Å²) in [7, 11) is 4.24. The Morgan fingerprint density at radius 1 is 1.13 bits per heavy atom. The third-order valence-electron chi connectivity index (χ3n) is 8.71. The normalized spacial score (nSPS) is 18.5. The number of hydrogen-bond donors (Lipinski definition) is 3. The lowest BCUT2D eigenvalue weighted by Gasteiger charge is -2.54. The van der Waals surface area contributed by atoms with Gasteiger partial charge in [-0.2, -0.15) is 10.1 Å². The standard InChI is InChI=1S/C29H39ClN8O/c1-18-14-24(32-28-31-16-23(30)27(34-28)33-26-15-20(3)35-36-26)19(2)13-22(18)21-7-11-38(12-8-21)25(17-39)29(37(4)5)9-6-10-29/h13-17,21,25H,6-12H2,1-5H3,(H3,31,32,33,34,35,36). The lowest BCUT2D eigenvalue weighted by Crippen LogP contribution is -2.65. The van der Waals surface area contributed by atoms with E-state index in [1.807, 2.05) is 13.0 Å². The number of aldehydes is 1. The highest BCUT2D eigenvalue weighted by Crippen LogP contribution is 2.42. The first-order valence-corrected chi connectivity index (χ1v) is 14.1. The molecule has 3 N–H and O–H groups in total. The van der Waals surface area contributed by atoms with Crippen LogP contribution in [-0.4, -0.2) is 75.0 Å². The number of anilines is 4. The largest absolute Gasteiger partial charge is 0.324 e. The summed E-state index contributed by atoms with van der Waals surface area (Å²) in [6.45, 7) is 8.12. The molecular weight excluding hydrogens is 512 g/mol. The van der Waals surface area contributed by atoms with Gasteiger partial charge in [0, 0.05) is 23.0 Å². The van der Waals surface area contributed by atoms with Crippen LogP contribution in [0.3, 0.4) is 0 Å². The molecule has 1 aliphatic carbocycles. The van der Waals surface area contributed by atoms with Gasteiger partial charge in [0.2, 0.25) is 5.95 Å². The van der Waals surface area contributed by atoms with Crippen LogP contribution in [0.25, 0.3) is 0 Å². The van der Waals surface area contributed by atoms with E-state index in [1.165, 1.54) is 23.8 Å². The van der Waals surface area contributed by atoms with Gasteiger partial charge in [-0.05, 0) is 109 Å². The lowest BCUT2D eigenvalue weighted by atomic mass is 9.69. The Bertz CT molecular complexity index is 1330. The summed E-state index contributed by atoms with van der Waals surface area (Å²) in [4.78, 5) is 25.9. The Morgan fingerprint density at radius 3 is 2.46 bits per heavy atom. The number of carbonyl (C=O) groups excluding carboxylic acids is 1. The highest BCUT2D eigenvalue weighted by atomic mass is 35.5. The quantitative estimate of drug-likeness (QED) is 0.300. The Labute approximate surface area is 235 Å². The maximum Gasteiger partial charge on any atom is 0.229 e. The number of rotatable bonds is 9. The van der Waals surface area contributed by atoms with Crippen LogP contribution in [0.5, 0.6) is 0 Å². The summed E-state index contributed by atoms with van der Waals surface area (Å²) < 4.78 is 0. The van der Waals surface area contributed by atoms with E-state index in [9.17, 15) is 4.79 Å². The van der Waals surface area contributed by atoms with Crippen LogP contribution in [0.15, 0.2) is 24.4 Å². The van der Waals surface area contributed by atoms with Crippen molar-refractivity contribution in [2.45, 2.75) is 70.4 Å². The van der Waals surface area contributed by atoms with Crippen molar-refractivity contribution in [2.24, 2.45) is 0 Å². The summed E-state index contributed by atoms with van der Waals surface area (Å²) in [6.07, 6.45) is 8.32. The highest BCUT2D eigenvalue weighted by Gasteiger charge is 2.48. The maximum absolute atomic E-state index is 12.2. The van der Waals surface area contributed by atoms with Gasteiger partial charge in [-0.3, -0.25) is 10.00 Å². The first-order chi connectivity index (χ1) is 18.7. The molecule has 2 fully saturated rings. The molecule has 0 amide bonds. The molecule has 10 heteroatoms. The molecule has 1 saturated heterocycles. The first kappa shape index (κ1) is 27.6. The second kappa shape index (κ2) is 11.2. The minimum absolute atomic E-state index is 0.00458. The molecule has 208 valence electrons. The molecule has 1 unspecified atom stereocenters. The van der Waals surface area contributed by atoms with Crippen molar-refractivity contribution in [3.63, 3.8) is 0 Å². The smallest absolute Gasteiger partial charge is 0.229 e. The van der Waals surface area contributed by atoms with E-state index in [2.05, 4.69) is 80.7 Å². The van der Waals surface area contributed by atoms with E-state index >= 15 is 0 Å². The second-order valence-electron chi connectivity index (χ2n) is 11.3. The van der Waals surface area contributed by atoms with Crippen molar-refractivity contribution in [2.75, 3.05) is 37.8 Å². The summed E-state index contributed by atoms with van der Waals surface area (Å²) >= 11 is 6.33. The monoisotopic (exact) mass is 550 g/mol. The van der Waals surface area contributed by atoms with Crippen LogP contribution in [0.2, 0.25) is 5.02 Å². The van der Waals surface area contributed by atoms with Gasteiger partial charge in [0.05, 0.1) is 12.2 Å². The van der Waals surface area contributed by atoms with Crippen LogP contribution in [0.4, 0.5) is 23.3 Å². The number of aromatic amines is 1. The molecule has 1 atom stereocenters. The van der Waals surface area contributed by atoms with Crippen molar-refractivity contribution in [3.05, 3.63) is 51.8 Å². The SMILES string of the molecule is Cc1cc(Nc2nc(Nc3cc(C)c(C4CCN(C(C=O)C5(N(C)C)CCC5)CC4)cc3C)ncc2Cl)n[nH]1. The minimum atomic E-state index is -0.0209. The Kier molecular flexibility index (Phi) is 7.94. The second-order valence-corrected chi connectivity index (χ2v) is 11.7. The minimum Gasteiger partial charge on any atom is -0.324 e. The van der Waals surface area contributed by atoms with Gasteiger partial charge in [0.1, 0.15) is 11.3 Å². The molecule has 1 saturated carbocycles. The topological polar surface area (TPSA) is 102 Å². The van der Waals surface area contributed by atoms with Crippen LogP contribution >= 0.6 is 11.6 Å². The zero-order valence-corrected chi connectivity index (χ0v) is 24.3. The number of hydrogen-bond acceptors (Lipinski definition) is 8. The van der Waals surface area contributed by atoms with Crippen LogP contribution in [0, 0.1) is 20.8 Å². The van der Waals surface area contributed by atoms with Gasteiger partial charge in [-0.1, -0.05) is 17.7 Å². The average molecular weight is 551 g/mol. The molecule has 3 heterocycles. The molecule has 0 bridgehead atoms. The summed E-state index contributed by atoms with van der Waals surface area (Å²) in [5, 5.41) is 14.0. The number of halogens is 1. The summed E-state index contributed by atoms with van der Waals surface area (Å²) in [6, 6.07) is 6.34. The fourth-order valence-electron chi connectivity index (χ4n) is 6.24. The van der Waals surface area contributed by atoms with Crippen LogP contribution < -0.4 is 10.6 Å². The van der Waals surface area contributed by atoms with Crippen molar-refractivity contribution in [1.82, 2.24) is 30.0 Å². The molecule has 5 rings (SSSR count). The van der Waals surface area contributed by atoms with Gasteiger partial charge in [0.15, 0.2) is 11.6 Å². The Hall–Kier alpha value is -3.01. The van der Waals surface area contributed by atoms with Crippen LogP contribution in [0.1, 0.15) is 60.4 Å². The lowest BCUT2D eigenvalue weighted by molar-refractivity contribution is -0.123. The number of aryl methyl sites for hydroxylation is 3. The number of benzene rings is 1. The summed E-state index contributed by atoms with van der Waals surface area (Å²) in [5.74, 6) is 2.08. The zero-order valence-electron chi connectivity index (χ0n) is 23.5. The number of nitrogens with one attached hydrogen (secondary N) is 3. The fourth-order valence-corrected chi connectivity index (χ4v) is 6.38. The van der Waals surface area contributed by atoms with Crippen LogP contribution in [-0.2, 0) is 4.79 Å². The molecular formula is C29H39ClN8O. The number of nitrogens with zero attached hydrogens (tertiary/aromatic N) is 5. The predicted molar refractivity (Wildman–Crippen MR) is 157 cm³/mol. The van der Waals surface area contributed by atoms with Crippen molar-refractivity contribution in [3.8, 4) is 0 Å². The van der Waals surface area contributed by atoms with Gasteiger partial charge in [-0.15, -0.1) is 0 Å². The molecule has 9 nitrogen and oxygen atoms in total. The first-order valence-electron chi connectivity index (χ1n) is 13.8. The molecule has 2 aliphatic rings. The van der Waals surface area contributed by atoms with Crippen molar-refractivity contribution >= 4 is 41.2 Å². The zero-order chi connectivity index (χ0) is 27.7. The van der Waals surface area contributed by atoms with Gasteiger partial charge in [0.25, 0.3) is 0 Å². The van der Waals surface area contributed by atoms with Crippen molar-refractivity contribution in [1.29, 1.82) is 0 Å². The van der Waals surface area contributed by atoms with Gasteiger partial charge in [-0.25, -0.2) is 4.98 Å². The molecule has 1 aliphatic heterocycles. The summed E-state index contributed by atoms with van der Waals surface area (Å²) in [5.41, 5.74) is 5.69. The molecule has 0 radical (unpaired) electrons. The molecule has 39 heavy (non-hydrogen) atoms. The number of likely N-dealkylation sites (tertiary alicyclic amines) is 1. The van der Waals surface area contributed by atoms with Gasteiger partial charge >= 0.3 is 0 Å². The van der Waals surface area contributed by atoms with Gasteiger partial charge < -0.3 is 20.3 Å². The van der Waals surface area contributed by atoms with Crippen molar-refractivity contribution < 1.29 is 4.79 Å². The Morgan fingerprint density at radius 2 is 1.87 bits per heavy atom. The van der Waals surface area contributed by atoms with E-state index in [0.717, 1.165) is 55.7 Å². The van der Waals surface area contributed by atoms with E-state index in [0.29, 0.717) is 28.5 Å². The number of aromatic nitrogens is 4. The third-order valence-corrected chi connectivity index (χ3v) is 8.98. The van der Waals surface area contributed by atoms with E-state index in [-0.39, 0.29) is 11.6 Å². The number of H-pyrrole nitrogens is 1. The highest BCUT2D eigenvalue weighted by molar-refractivity contribution is 6.32.